The van der Waals surface area contributed by atoms with E-state index < -0.39 is 12.0 Å². The molecule has 0 aliphatic heterocycles. The summed E-state index contributed by atoms with van der Waals surface area (Å²) in [5.74, 6) is -0.798. The Morgan fingerprint density at radius 2 is 2.33 bits per heavy atom. The Bertz CT molecular complexity index is 84.6. The van der Waals surface area contributed by atoms with Gasteiger partial charge in [0.25, 0.3) is 0 Å². The fourth-order valence-corrected chi connectivity index (χ4v) is 1.00. The monoisotopic (exact) mass is 263 g/mol. The molecule has 0 spiro atoms. The molecule has 1 atom stereocenters. The van der Waals surface area contributed by atoms with Crippen LogP contribution in [0.3, 0.4) is 0 Å². The summed E-state index contributed by atoms with van der Waals surface area (Å²) < 4.78 is 0. The third-order valence-electron chi connectivity index (χ3n) is 0.829. The number of carbonyl (C=O) groups is 1. The molecular weight excluding hydrogens is 252 g/mol. The minimum absolute atomic E-state index is 0. The van der Waals surface area contributed by atoms with Crippen LogP contribution in [-0.4, -0.2) is 57.2 Å². The average Bonchev–Trinajstić information content (AvgIpc) is 1.69. The van der Waals surface area contributed by atoms with Crippen LogP contribution < -0.4 is 5.32 Å². The minimum atomic E-state index is -0.798. The fourth-order valence-electron chi connectivity index (χ4n) is 0.293. The van der Waals surface area contributed by atoms with Crippen LogP contribution in [0.5, 0.6) is 0 Å². The van der Waals surface area contributed by atoms with Crippen LogP contribution >= 0.6 is 0 Å². The van der Waals surface area contributed by atoms with Gasteiger partial charge < -0.3 is 0 Å². The molecular formula is C4H9NO2Se2. The van der Waals surface area contributed by atoms with Gasteiger partial charge in [-0.3, -0.25) is 0 Å². The van der Waals surface area contributed by atoms with Gasteiger partial charge in [0.05, 0.1) is 0 Å². The smallest absolute Gasteiger partial charge is 0 e. The normalized spacial score (nSPS) is 11.8. The van der Waals surface area contributed by atoms with Crippen molar-refractivity contribution in [2.24, 2.45) is 0 Å². The third-order valence-corrected chi connectivity index (χ3v) is 1.60. The van der Waals surface area contributed by atoms with Crippen molar-refractivity contribution >= 4 is 39.1 Å². The molecule has 0 unspecified atom stereocenters. The van der Waals surface area contributed by atoms with Gasteiger partial charge in [-0.25, -0.2) is 0 Å². The molecule has 9 heavy (non-hydrogen) atoms. The Kier molecular flexibility index (Phi) is 8.91. The zero-order valence-electron chi connectivity index (χ0n) is 5.00. The number of aliphatic carboxylic acids is 1. The summed E-state index contributed by atoms with van der Waals surface area (Å²) in [4.78, 5) is 10.1. The second-order valence-corrected chi connectivity index (χ2v) is 2.13. The van der Waals surface area contributed by atoms with Crippen molar-refractivity contribution < 1.29 is 9.90 Å². The van der Waals surface area contributed by atoms with Gasteiger partial charge in [-0.1, -0.05) is 0 Å². The molecule has 3 nitrogen and oxygen atoms in total. The van der Waals surface area contributed by atoms with E-state index in [-0.39, 0.29) is 17.1 Å². The van der Waals surface area contributed by atoms with Gasteiger partial charge in [-0.15, -0.1) is 0 Å². The molecule has 0 aromatic rings. The van der Waals surface area contributed by atoms with Crippen molar-refractivity contribution in [1.29, 1.82) is 0 Å². The molecule has 0 aliphatic carbocycles. The number of hydrogen-bond acceptors (Lipinski definition) is 2. The predicted molar refractivity (Wildman–Crippen MR) is 38.2 cm³/mol. The van der Waals surface area contributed by atoms with Crippen LogP contribution in [0.1, 0.15) is 0 Å². The Balaban J connectivity index is 0. The van der Waals surface area contributed by atoms with E-state index in [2.05, 4.69) is 21.3 Å². The maximum absolute atomic E-state index is 10.1. The maximum Gasteiger partial charge on any atom is 0 e. The number of likely N-dealkylation sites (N-methyl/N-ethyl adjacent to an activating group) is 1. The molecule has 2 radical (unpaired) electrons. The second-order valence-electron chi connectivity index (χ2n) is 1.36. The number of carboxylic acids is 1. The summed E-state index contributed by atoms with van der Waals surface area (Å²) in [5.41, 5.74) is 0. The van der Waals surface area contributed by atoms with Gasteiger partial charge >= 0.3 is 55.6 Å². The van der Waals surface area contributed by atoms with Crippen LogP contribution in [0.4, 0.5) is 0 Å². The first-order valence-corrected chi connectivity index (χ1v) is 3.56. The SMILES string of the molecule is CN[C@@H](C[SeH])C(=O)O.[Se]. The summed E-state index contributed by atoms with van der Waals surface area (Å²) in [5, 5.41) is 11.5. The zero-order valence-corrected chi connectivity index (χ0v) is 8.59. The second kappa shape index (κ2) is 6.59. The standard InChI is InChI=1S/C4H9NO2Se.Se/c1-5-3(2-8)4(6)7;/h3,5,8H,2H2,1H3,(H,6,7);/t3-;/m0./s1. The summed E-state index contributed by atoms with van der Waals surface area (Å²) in [7, 11) is 1.63. The number of rotatable bonds is 3. The van der Waals surface area contributed by atoms with Gasteiger partial charge in [0, 0.05) is 17.1 Å². The quantitative estimate of drug-likeness (QED) is 0.614. The zero-order chi connectivity index (χ0) is 6.57. The fraction of sp³-hybridized carbons (Fsp3) is 0.750. The third kappa shape index (κ3) is 4.94. The van der Waals surface area contributed by atoms with Gasteiger partial charge in [0.2, 0.25) is 0 Å². The Morgan fingerprint density at radius 1 is 1.89 bits per heavy atom. The average molecular weight is 261 g/mol. The first-order chi connectivity index (χ1) is 3.72. The predicted octanol–water partition coefficient (Wildman–Crippen LogP) is -1.40. The van der Waals surface area contributed by atoms with Gasteiger partial charge in [0.15, 0.2) is 0 Å². The molecule has 0 heterocycles. The van der Waals surface area contributed by atoms with E-state index in [0.29, 0.717) is 5.32 Å². The maximum atomic E-state index is 10.1. The molecule has 54 valence electrons. The van der Waals surface area contributed by atoms with Crippen LogP contribution in [0.2, 0.25) is 5.32 Å². The Morgan fingerprint density at radius 3 is 2.33 bits per heavy atom. The molecule has 2 N–H and O–H groups in total. The molecule has 0 rings (SSSR count). The number of carboxylic acid groups (broad SMARTS) is 1. The Labute approximate surface area is 72.9 Å². The molecule has 0 aromatic carbocycles. The van der Waals surface area contributed by atoms with Crippen molar-refractivity contribution in [1.82, 2.24) is 5.32 Å². The molecule has 0 saturated heterocycles. The molecule has 0 saturated carbocycles. The van der Waals surface area contributed by atoms with Crippen LogP contribution in [0.15, 0.2) is 0 Å². The first-order valence-electron chi connectivity index (χ1n) is 2.23. The molecule has 0 aliphatic rings. The van der Waals surface area contributed by atoms with Crippen LogP contribution in [-0.2, 0) is 4.79 Å². The summed E-state index contributed by atoms with van der Waals surface area (Å²) in [6.07, 6.45) is 0. The number of nitrogens with one attached hydrogen (secondary N) is 1. The summed E-state index contributed by atoms with van der Waals surface area (Å²) in [6.45, 7) is 0. The van der Waals surface area contributed by atoms with E-state index in [1.807, 2.05) is 0 Å². The van der Waals surface area contributed by atoms with E-state index in [0.717, 1.165) is 0 Å². The first kappa shape index (κ1) is 12.2. The van der Waals surface area contributed by atoms with Crippen molar-refractivity contribution in [3.05, 3.63) is 0 Å². The van der Waals surface area contributed by atoms with Gasteiger partial charge in [-0.05, 0) is 0 Å². The topological polar surface area (TPSA) is 49.3 Å². The van der Waals surface area contributed by atoms with Gasteiger partial charge in [0.1, 0.15) is 0 Å². The van der Waals surface area contributed by atoms with Gasteiger partial charge in [-0.2, -0.15) is 0 Å². The largest absolute Gasteiger partial charge is 0 e. The van der Waals surface area contributed by atoms with Crippen molar-refractivity contribution in [3.63, 3.8) is 0 Å². The van der Waals surface area contributed by atoms with E-state index in [1.165, 1.54) is 0 Å². The molecule has 0 fully saturated rings. The van der Waals surface area contributed by atoms with Crippen molar-refractivity contribution in [2.75, 3.05) is 7.05 Å². The van der Waals surface area contributed by atoms with Crippen LogP contribution in [0.25, 0.3) is 0 Å². The van der Waals surface area contributed by atoms with Crippen molar-refractivity contribution in [2.45, 2.75) is 11.4 Å². The number of hydrogen-bond donors (Lipinski definition) is 2. The van der Waals surface area contributed by atoms with E-state index in [4.69, 9.17) is 5.11 Å². The minimum Gasteiger partial charge on any atom is 0 e. The summed E-state index contributed by atoms with van der Waals surface area (Å²) >= 11 is 2.23. The summed E-state index contributed by atoms with van der Waals surface area (Å²) in [6, 6.07) is -0.407. The molecule has 0 aromatic heterocycles. The molecule has 5 heteroatoms. The Hall–Kier alpha value is 0.469. The molecule has 0 amide bonds. The van der Waals surface area contributed by atoms with Crippen molar-refractivity contribution in [3.8, 4) is 0 Å². The van der Waals surface area contributed by atoms with E-state index in [1.54, 1.807) is 7.05 Å². The van der Waals surface area contributed by atoms with Crippen LogP contribution in [0, 0.1) is 0 Å². The van der Waals surface area contributed by atoms with E-state index in [9.17, 15) is 4.79 Å². The van der Waals surface area contributed by atoms with E-state index >= 15 is 0 Å². The molecule has 0 bridgehead atoms.